The Hall–Kier alpha value is -3.84. The number of aryl methyl sites for hydroxylation is 1. The molecule has 2 aromatic heterocycles. The number of hydrogen-bond acceptors (Lipinski definition) is 6. The minimum absolute atomic E-state index is 0.0133. The molecule has 3 heterocycles. The van der Waals surface area contributed by atoms with Crippen LogP contribution in [0.5, 0.6) is 0 Å². The fourth-order valence-corrected chi connectivity index (χ4v) is 4.89. The maximum atomic E-state index is 12.5. The van der Waals surface area contributed by atoms with Gasteiger partial charge in [-0.05, 0) is 65.9 Å². The molecule has 0 spiro atoms. The van der Waals surface area contributed by atoms with Crippen molar-refractivity contribution in [3.8, 4) is 22.4 Å². The van der Waals surface area contributed by atoms with E-state index in [0.29, 0.717) is 5.56 Å². The first-order chi connectivity index (χ1) is 16.7. The summed E-state index contributed by atoms with van der Waals surface area (Å²) in [6.07, 6.45) is 5.76. The second-order valence-corrected chi connectivity index (χ2v) is 9.19. The van der Waals surface area contributed by atoms with Crippen molar-refractivity contribution in [3.63, 3.8) is 0 Å². The van der Waals surface area contributed by atoms with Gasteiger partial charge in [-0.3, -0.25) is 14.6 Å². The van der Waals surface area contributed by atoms with Crippen LogP contribution in [0.2, 0.25) is 0 Å². The summed E-state index contributed by atoms with van der Waals surface area (Å²) < 4.78 is 0. The number of hydrogen-bond donors (Lipinski definition) is 2. The molecule has 5 rings (SSSR count). The molecule has 2 aromatic carbocycles. The minimum Gasteiger partial charge on any atom is -0.385 e. The highest BCUT2D eigenvalue weighted by Gasteiger charge is 2.15. The molecular formula is C27H24N4O2S. The third-order valence-corrected chi connectivity index (χ3v) is 6.67. The number of ketones is 1. The number of rotatable bonds is 7. The van der Waals surface area contributed by atoms with E-state index in [1.54, 1.807) is 18.5 Å². The monoisotopic (exact) mass is 468 g/mol. The number of Topliss-reactive ketones (excluding diaryl/α,β-unsaturated/α-hetero) is 1. The highest BCUT2D eigenvalue weighted by Crippen LogP contribution is 2.27. The molecule has 1 amide bonds. The summed E-state index contributed by atoms with van der Waals surface area (Å²) in [6.45, 7) is 0.947. The van der Waals surface area contributed by atoms with Crippen LogP contribution in [0.4, 0.5) is 5.69 Å². The molecule has 0 bridgehead atoms. The van der Waals surface area contributed by atoms with Crippen LogP contribution in [0.15, 0.2) is 72.4 Å². The number of aromatic nitrogens is 2. The van der Waals surface area contributed by atoms with Gasteiger partial charge in [-0.25, -0.2) is 4.98 Å². The third-order valence-electron chi connectivity index (χ3n) is 5.82. The van der Waals surface area contributed by atoms with Crippen molar-refractivity contribution in [2.75, 3.05) is 18.4 Å². The molecule has 170 valence electrons. The highest BCUT2D eigenvalue weighted by atomic mass is 32.1. The summed E-state index contributed by atoms with van der Waals surface area (Å²) in [5.41, 5.74) is 6.84. The van der Waals surface area contributed by atoms with E-state index < -0.39 is 0 Å². The molecule has 0 atom stereocenters. The van der Waals surface area contributed by atoms with Crippen molar-refractivity contribution in [3.05, 3.63) is 88.5 Å². The predicted molar refractivity (Wildman–Crippen MR) is 135 cm³/mol. The molecule has 0 saturated heterocycles. The first kappa shape index (κ1) is 22.0. The Morgan fingerprint density at radius 2 is 1.85 bits per heavy atom. The molecule has 6 nitrogen and oxygen atoms in total. The Morgan fingerprint density at radius 3 is 2.74 bits per heavy atom. The van der Waals surface area contributed by atoms with Gasteiger partial charge in [-0.15, -0.1) is 11.3 Å². The molecule has 7 heteroatoms. The van der Waals surface area contributed by atoms with Gasteiger partial charge in [-0.2, -0.15) is 0 Å². The number of carbonyl (C=O) groups is 2. The Labute approximate surface area is 202 Å². The van der Waals surface area contributed by atoms with Crippen molar-refractivity contribution < 1.29 is 9.59 Å². The Morgan fingerprint density at radius 1 is 1.00 bits per heavy atom. The number of pyridine rings is 1. The topological polar surface area (TPSA) is 84.0 Å². The number of amides is 1. The third kappa shape index (κ3) is 5.05. The number of carbonyl (C=O) groups excluding carboxylic acids is 2. The second kappa shape index (κ2) is 9.97. The maximum Gasteiger partial charge on any atom is 0.251 e. The fourth-order valence-electron chi connectivity index (χ4n) is 4.06. The summed E-state index contributed by atoms with van der Waals surface area (Å²) in [7, 11) is 0. The van der Waals surface area contributed by atoms with E-state index >= 15 is 0 Å². The highest BCUT2D eigenvalue weighted by molar-refractivity contribution is 7.10. The van der Waals surface area contributed by atoms with Gasteiger partial charge in [0.25, 0.3) is 5.91 Å². The van der Waals surface area contributed by atoms with Gasteiger partial charge >= 0.3 is 0 Å². The second-order valence-electron chi connectivity index (χ2n) is 8.24. The van der Waals surface area contributed by atoms with Crippen molar-refractivity contribution in [1.82, 2.24) is 15.3 Å². The van der Waals surface area contributed by atoms with Crippen LogP contribution in [0, 0.1) is 0 Å². The fraction of sp³-hybridized carbons (Fsp3) is 0.185. The summed E-state index contributed by atoms with van der Waals surface area (Å²) in [5.74, 6) is -0.297. The average molecular weight is 469 g/mol. The molecule has 2 N–H and O–H groups in total. The zero-order valence-corrected chi connectivity index (χ0v) is 19.4. The molecular weight excluding hydrogens is 444 g/mol. The Kier molecular flexibility index (Phi) is 6.44. The molecule has 0 radical (unpaired) electrons. The average Bonchev–Trinajstić information content (AvgIpc) is 3.36. The number of nitrogens with one attached hydrogen (secondary N) is 2. The number of nitrogens with zero attached hydrogens (tertiary/aromatic N) is 2. The van der Waals surface area contributed by atoms with Gasteiger partial charge in [-0.1, -0.05) is 18.2 Å². The number of benzene rings is 2. The largest absolute Gasteiger partial charge is 0.385 e. The zero-order chi connectivity index (χ0) is 23.3. The van der Waals surface area contributed by atoms with E-state index in [1.807, 2.05) is 41.8 Å². The molecule has 1 aliphatic heterocycles. The first-order valence-electron chi connectivity index (χ1n) is 11.3. The minimum atomic E-state index is -0.227. The normalized spacial score (nSPS) is 12.5. The van der Waals surface area contributed by atoms with Gasteiger partial charge in [0.05, 0.1) is 18.7 Å². The molecule has 34 heavy (non-hydrogen) atoms. The van der Waals surface area contributed by atoms with Crippen molar-refractivity contribution >= 4 is 28.7 Å². The van der Waals surface area contributed by atoms with E-state index in [4.69, 9.17) is 0 Å². The smallest absolute Gasteiger partial charge is 0.251 e. The SMILES string of the molecule is O=C(CNC(=O)c1ccc2c(c1)CCCN2)Cc1nc(-c2cccc(-c3ccncc3)c2)cs1. The van der Waals surface area contributed by atoms with Crippen LogP contribution in [0.3, 0.4) is 0 Å². The molecule has 0 fully saturated rings. The van der Waals surface area contributed by atoms with Gasteiger partial charge < -0.3 is 10.6 Å². The lowest BCUT2D eigenvalue weighted by Gasteiger charge is -2.18. The van der Waals surface area contributed by atoms with E-state index in [-0.39, 0.29) is 24.7 Å². The van der Waals surface area contributed by atoms with Gasteiger partial charge in [0.2, 0.25) is 0 Å². The molecule has 0 aliphatic carbocycles. The van der Waals surface area contributed by atoms with Gasteiger partial charge in [0.15, 0.2) is 5.78 Å². The lowest BCUT2D eigenvalue weighted by atomic mass is 10.0. The van der Waals surface area contributed by atoms with Crippen LogP contribution < -0.4 is 10.6 Å². The Bertz CT molecular complexity index is 1330. The number of anilines is 1. The van der Waals surface area contributed by atoms with Crippen LogP contribution in [-0.4, -0.2) is 34.7 Å². The van der Waals surface area contributed by atoms with Gasteiger partial charge in [0, 0.05) is 41.1 Å². The van der Waals surface area contributed by atoms with Crippen LogP contribution in [0.25, 0.3) is 22.4 Å². The van der Waals surface area contributed by atoms with E-state index in [2.05, 4.69) is 32.7 Å². The maximum absolute atomic E-state index is 12.5. The molecule has 0 unspecified atom stereocenters. The van der Waals surface area contributed by atoms with Crippen molar-refractivity contribution in [2.45, 2.75) is 19.3 Å². The number of fused-ring (bicyclic) bond motifs is 1. The zero-order valence-electron chi connectivity index (χ0n) is 18.6. The first-order valence-corrected chi connectivity index (χ1v) is 12.2. The summed E-state index contributed by atoms with van der Waals surface area (Å²) in [6, 6.07) is 17.7. The van der Waals surface area contributed by atoms with Crippen LogP contribution in [0.1, 0.15) is 27.3 Å². The van der Waals surface area contributed by atoms with E-state index in [9.17, 15) is 9.59 Å². The van der Waals surface area contributed by atoms with Crippen LogP contribution in [-0.2, 0) is 17.6 Å². The summed E-state index contributed by atoms with van der Waals surface area (Å²) in [4.78, 5) is 33.8. The van der Waals surface area contributed by atoms with Gasteiger partial charge in [0.1, 0.15) is 5.01 Å². The van der Waals surface area contributed by atoms with E-state index in [1.165, 1.54) is 11.3 Å². The quantitative estimate of drug-likeness (QED) is 0.408. The predicted octanol–water partition coefficient (Wildman–Crippen LogP) is 4.77. The van der Waals surface area contributed by atoms with Crippen molar-refractivity contribution in [2.24, 2.45) is 0 Å². The molecule has 0 saturated carbocycles. The van der Waals surface area contributed by atoms with E-state index in [0.717, 1.165) is 58.0 Å². The summed E-state index contributed by atoms with van der Waals surface area (Å²) >= 11 is 1.46. The van der Waals surface area contributed by atoms with Crippen molar-refractivity contribution in [1.29, 1.82) is 0 Å². The lowest BCUT2D eigenvalue weighted by Crippen LogP contribution is -2.30. The number of thiazole rings is 1. The summed E-state index contributed by atoms with van der Waals surface area (Å²) in [5, 5.41) is 8.80. The lowest BCUT2D eigenvalue weighted by molar-refractivity contribution is -0.117. The Balaban J connectivity index is 1.19. The molecule has 4 aromatic rings. The molecule has 1 aliphatic rings. The van der Waals surface area contributed by atoms with Crippen LogP contribution >= 0.6 is 11.3 Å². The standard InChI is InChI=1S/C27H24N4O2S/c32-23(16-30-27(33)22-6-7-24-20(14-22)5-2-10-29-24)15-26-31-25(17-34-26)21-4-1-3-19(13-21)18-8-11-28-12-9-18/h1,3-4,6-9,11-14,17,29H,2,5,10,15-16H2,(H,30,33).